The van der Waals surface area contributed by atoms with E-state index in [2.05, 4.69) is 0 Å². The summed E-state index contributed by atoms with van der Waals surface area (Å²) in [5, 5.41) is 1.36. The molecule has 2 aromatic carbocycles. The molecule has 0 saturated heterocycles. The van der Waals surface area contributed by atoms with E-state index in [-0.39, 0.29) is 0 Å². The second-order valence-corrected chi connectivity index (χ2v) is 6.69. The Hall–Kier alpha value is -2.12. The predicted octanol–water partition coefficient (Wildman–Crippen LogP) is 2.00. The standard InChI is InChI=1S/C15H14NO2P/c16-15(17)11-12-19(18,13-7-3-1-4-8-13)14-9-5-2-6-10-14/h1-12H,(H2,16,17). The highest BCUT2D eigenvalue weighted by Crippen LogP contribution is 2.44. The molecule has 19 heavy (non-hydrogen) atoms. The Labute approximate surface area is 112 Å². The van der Waals surface area contributed by atoms with Gasteiger partial charge in [-0.2, -0.15) is 0 Å². The molecule has 0 aromatic heterocycles. The lowest BCUT2D eigenvalue weighted by Gasteiger charge is -2.14. The van der Waals surface area contributed by atoms with Crippen LogP contribution in [0.1, 0.15) is 0 Å². The predicted molar refractivity (Wildman–Crippen MR) is 78.1 cm³/mol. The highest BCUT2D eigenvalue weighted by molar-refractivity contribution is 7.81. The summed E-state index contributed by atoms with van der Waals surface area (Å²) in [6, 6.07) is 18.2. The molecule has 0 radical (unpaired) electrons. The molecule has 2 rings (SSSR count). The minimum absolute atomic E-state index is 0.605. The Morgan fingerprint density at radius 3 is 1.68 bits per heavy atom. The minimum Gasteiger partial charge on any atom is -0.366 e. The first kappa shape index (κ1) is 13.3. The van der Waals surface area contributed by atoms with Gasteiger partial charge in [0.25, 0.3) is 0 Å². The molecule has 0 aliphatic rings. The number of rotatable bonds is 4. The third-order valence-corrected chi connectivity index (χ3v) is 5.43. The first-order valence-electron chi connectivity index (χ1n) is 5.82. The van der Waals surface area contributed by atoms with Crippen molar-refractivity contribution in [2.75, 3.05) is 0 Å². The molecule has 0 aliphatic carbocycles. The molecule has 0 atom stereocenters. The Morgan fingerprint density at radius 1 is 0.895 bits per heavy atom. The van der Waals surface area contributed by atoms with Gasteiger partial charge in [0.15, 0.2) is 7.14 Å². The van der Waals surface area contributed by atoms with E-state index in [4.69, 9.17) is 5.73 Å². The van der Waals surface area contributed by atoms with Gasteiger partial charge in [-0.05, 0) is 5.82 Å². The number of nitrogens with two attached hydrogens (primary N) is 1. The van der Waals surface area contributed by atoms with E-state index in [1.54, 1.807) is 24.3 Å². The first-order valence-corrected chi connectivity index (χ1v) is 7.60. The lowest BCUT2D eigenvalue weighted by molar-refractivity contribution is -0.113. The van der Waals surface area contributed by atoms with Gasteiger partial charge in [0.2, 0.25) is 5.91 Å². The van der Waals surface area contributed by atoms with Gasteiger partial charge >= 0.3 is 0 Å². The number of carbonyl (C=O) groups is 1. The van der Waals surface area contributed by atoms with Crippen molar-refractivity contribution >= 4 is 23.7 Å². The maximum atomic E-state index is 13.2. The molecule has 1 amide bonds. The van der Waals surface area contributed by atoms with E-state index in [9.17, 15) is 9.36 Å². The van der Waals surface area contributed by atoms with Crippen LogP contribution < -0.4 is 16.3 Å². The Morgan fingerprint density at radius 2 is 1.32 bits per heavy atom. The zero-order valence-corrected chi connectivity index (χ0v) is 11.2. The molecular formula is C15H14NO2P. The van der Waals surface area contributed by atoms with E-state index >= 15 is 0 Å². The van der Waals surface area contributed by atoms with Gasteiger partial charge in [-0.25, -0.2) is 0 Å². The van der Waals surface area contributed by atoms with Gasteiger partial charge < -0.3 is 10.3 Å². The lowest BCUT2D eigenvalue weighted by atomic mass is 10.4. The summed E-state index contributed by atoms with van der Waals surface area (Å²) in [4.78, 5) is 10.9. The quantitative estimate of drug-likeness (QED) is 0.683. The first-order chi connectivity index (χ1) is 9.13. The fourth-order valence-corrected chi connectivity index (χ4v) is 4.03. The van der Waals surface area contributed by atoms with Gasteiger partial charge in [0.1, 0.15) is 0 Å². The second-order valence-electron chi connectivity index (χ2n) is 4.05. The van der Waals surface area contributed by atoms with Gasteiger partial charge in [0, 0.05) is 16.7 Å². The van der Waals surface area contributed by atoms with E-state index in [1.165, 1.54) is 11.9 Å². The van der Waals surface area contributed by atoms with Crippen molar-refractivity contribution in [1.29, 1.82) is 0 Å². The number of primary amides is 1. The zero-order valence-electron chi connectivity index (χ0n) is 10.3. The van der Waals surface area contributed by atoms with E-state index in [1.807, 2.05) is 36.4 Å². The van der Waals surface area contributed by atoms with E-state index < -0.39 is 13.0 Å². The normalized spacial score (nSPS) is 11.6. The smallest absolute Gasteiger partial charge is 0.241 e. The number of carbonyl (C=O) groups excluding carboxylic acids is 1. The monoisotopic (exact) mass is 271 g/mol. The summed E-state index contributed by atoms with van der Waals surface area (Å²) in [5.74, 6) is 0.812. The molecule has 0 fully saturated rings. The van der Waals surface area contributed by atoms with Crippen LogP contribution in [-0.2, 0) is 9.36 Å². The molecule has 0 unspecified atom stereocenters. The summed E-state index contributed by atoms with van der Waals surface area (Å²) in [6.07, 6.45) is 1.17. The number of hydrogen-bond acceptors (Lipinski definition) is 2. The van der Waals surface area contributed by atoms with Crippen LogP contribution in [0.25, 0.3) is 0 Å². The molecule has 96 valence electrons. The van der Waals surface area contributed by atoms with Crippen LogP contribution in [0, 0.1) is 0 Å². The minimum atomic E-state index is -2.96. The van der Waals surface area contributed by atoms with Crippen molar-refractivity contribution in [3.05, 3.63) is 72.6 Å². The summed E-state index contributed by atoms with van der Waals surface area (Å²) in [5.41, 5.74) is 5.11. The molecule has 0 bridgehead atoms. The highest BCUT2D eigenvalue weighted by atomic mass is 31.2. The van der Waals surface area contributed by atoms with Crippen LogP contribution in [0.2, 0.25) is 0 Å². The fraction of sp³-hybridized carbons (Fsp3) is 0. The summed E-state index contributed by atoms with van der Waals surface area (Å²) in [6.45, 7) is 0. The van der Waals surface area contributed by atoms with Gasteiger partial charge in [-0.15, -0.1) is 0 Å². The number of benzene rings is 2. The van der Waals surface area contributed by atoms with E-state index in [0.717, 1.165) is 0 Å². The van der Waals surface area contributed by atoms with Crippen LogP contribution in [0.15, 0.2) is 72.6 Å². The second kappa shape index (κ2) is 5.68. The van der Waals surface area contributed by atoms with Crippen LogP contribution >= 0.6 is 7.14 Å². The van der Waals surface area contributed by atoms with Gasteiger partial charge in [-0.3, -0.25) is 4.79 Å². The van der Waals surface area contributed by atoms with Crippen molar-refractivity contribution in [3.63, 3.8) is 0 Å². The molecule has 0 saturated carbocycles. The zero-order chi connectivity index (χ0) is 13.7. The van der Waals surface area contributed by atoms with Crippen LogP contribution in [0.4, 0.5) is 0 Å². The van der Waals surface area contributed by atoms with Crippen LogP contribution in [-0.4, -0.2) is 5.91 Å². The number of amides is 1. The van der Waals surface area contributed by atoms with Crippen molar-refractivity contribution < 1.29 is 9.36 Å². The van der Waals surface area contributed by atoms with Gasteiger partial charge in [0.05, 0.1) is 0 Å². The summed E-state index contributed by atoms with van der Waals surface area (Å²) >= 11 is 0. The van der Waals surface area contributed by atoms with E-state index in [0.29, 0.717) is 10.6 Å². The molecule has 0 aliphatic heterocycles. The average Bonchev–Trinajstić information content (AvgIpc) is 2.46. The van der Waals surface area contributed by atoms with Gasteiger partial charge in [-0.1, -0.05) is 60.7 Å². The van der Waals surface area contributed by atoms with Crippen molar-refractivity contribution in [2.24, 2.45) is 5.73 Å². The average molecular weight is 271 g/mol. The van der Waals surface area contributed by atoms with Crippen molar-refractivity contribution in [3.8, 4) is 0 Å². The molecule has 3 nitrogen and oxygen atoms in total. The third kappa shape index (κ3) is 3.01. The Bertz CT molecular complexity index is 592. The highest BCUT2D eigenvalue weighted by Gasteiger charge is 2.23. The molecule has 0 heterocycles. The van der Waals surface area contributed by atoms with Crippen molar-refractivity contribution in [1.82, 2.24) is 0 Å². The van der Waals surface area contributed by atoms with Crippen LogP contribution in [0.5, 0.6) is 0 Å². The third-order valence-electron chi connectivity index (χ3n) is 2.73. The molecule has 4 heteroatoms. The molecule has 0 spiro atoms. The lowest BCUT2D eigenvalue weighted by Crippen LogP contribution is -2.15. The molecule has 2 N–H and O–H groups in total. The largest absolute Gasteiger partial charge is 0.366 e. The van der Waals surface area contributed by atoms with Crippen LogP contribution in [0.3, 0.4) is 0 Å². The maximum Gasteiger partial charge on any atom is 0.241 e. The topological polar surface area (TPSA) is 60.2 Å². The molecular weight excluding hydrogens is 257 g/mol. The SMILES string of the molecule is NC(=O)C=CP(=O)(c1ccccc1)c1ccccc1. The summed E-state index contributed by atoms with van der Waals surface area (Å²) in [7, 11) is -2.96. The maximum absolute atomic E-state index is 13.2. The summed E-state index contributed by atoms with van der Waals surface area (Å²) < 4.78 is 13.2. The Kier molecular flexibility index (Phi) is 3.98. The molecule has 2 aromatic rings. The number of hydrogen-bond donors (Lipinski definition) is 1. The Balaban J connectivity index is 2.58. The van der Waals surface area contributed by atoms with Crippen molar-refractivity contribution in [2.45, 2.75) is 0 Å². The fourth-order valence-electron chi connectivity index (χ4n) is 1.80.